The highest BCUT2D eigenvalue weighted by Crippen LogP contribution is 2.23. The lowest BCUT2D eigenvalue weighted by molar-refractivity contribution is -0.140. The van der Waals surface area contributed by atoms with Crippen LogP contribution < -0.4 is 9.62 Å². The molecule has 1 atom stereocenters. The van der Waals surface area contributed by atoms with Crippen LogP contribution in [0.4, 0.5) is 5.69 Å². The molecule has 0 aliphatic carbocycles. The van der Waals surface area contributed by atoms with Crippen LogP contribution in [0, 0.1) is 6.92 Å². The van der Waals surface area contributed by atoms with Gasteiger partial charge in [-0.05, 0) is 48.9 Å². The van der Waals surface area contributed by atoms with Crippen molar-refractivity contribution in [1.82, 2.24) is 10.2 Å². The number of benzene rings is 2. The summed E-state index contributed by atoms with van der Waals surface area (Å²) in [6.45, 7) is 10.2. The number of nitrogens with one attached hydrogen (secondary N) is 1. The maximum Gasteiger partial charge on any atom is 0.244 e. The van der Waals surface area contributed by atoms with Crippen LogP contribution in [0.25, 0.3) is 0 Å². The first-order valence-electron chi connectivity index (χ1n) is 12.2. The number of carbonyl (C=O) groups excluding carboxylic acids is 2. The Bertz CT molecular complexity index is 1100. The van der Waals surface area contributed by atoms with E-state index in [1.54, 1.807) is 12.1 Å². The number of hydrogen-bond acceptors (Lipinski definition) is 4. The topological polar surface area (TPSA) is 86.8 Å². The maximum atomic E-state index is 13.7. The van der Waals surface area contributed by atoms with Crippen molar-refractivity contribution >= 4 is 27.5 Å². The zero-order valence-corrected chi connectivity index (χ0v) is 22.6. The summed E-state index contributed by atoms with van der Waals surface area (Å²) in [4.78, 5) is 28.1. The predicted molar refractivity (Wildman–Crippen MR) is 142 cm³/mol. The van der Waals surface area contributed by atoms with E-state index in [4.69, 9.17) is 0 Å². The summed E-state index contributed by atoms with van der Waals surface area (Å²) in [7, 11) is -3.74. The summed E-state index contributed by atoms with van der Waals surface area (Å²) in [6.07, 6.45) is 2.28. The molecule has 192 valence electrons. The van der Waals surface area contributed by atoms with Gasteiger partial charge in [0.25, 0.3) is 0 Å². The Morgan fingerprint density at radius 1 is 1.03 bits per heavy atom. The van der Waals surface area contributed by atoms with E-state index >= 15 is 0 Å². The molecule has 0 heterocycles. The monoisotopic (exact) mass is 501 g/mol. The minimum absolute atomic E-state index is 0.211. The highest BCUT2D eigenvalue weighted by Gasteiger charge is 2.31. The molecule has 0 aliphatic rings. The lowest BCUT2D eigenvalue weighted by Gasteiger charge is -2.33. The predicted octanol–water partition coefficient (Wildman–Crippen LogP) is 4.22. The summed E-state index contributed by atoms with van der Waals surface area (Å²) in [5.74, 6) is -0.361. The third-order valence-corrected chi connectivity index (χ3v) is 7.04. The van der Waals surface area contributed by atoms with Crippen molar-refractivity contribution in [3.63, 3.8) is 0 Å². The molecule has 2 amide bonds. The first-order valence-corrected chi connectivity index (χ1v) is 14.0. The average Bonchev–Trinajstić information content (AvgIpc) is 2.80. The van der Waals surface area contributed by atoms with Gasteiger partial charge < -0.3 is 10.2 Å². The molecule has 0 fully saturated rings. The van der Waals surface area contributed by atoms with Crippen molar-refractivity contribution in [1.29, 1.82) is 0 Å². The van der Waals surface area contributed by atoms with E-state index in [0.29, 0.717) is 24.6 Å². The van der Waals surface area contributed by atoms with Gasteiger partial charge in [0.2, 0.25) is 21.8 Å². The van der Waals surface area contributed by atoms with Crippen LogP contribution in [-0.2, 0) is 26.2 Å². The second-order valence-corrected chi connectivity index (χ2v) is 11.1. The van der Waals surface area contributed by atoms with E-state index in [1.165, 1.54) is 4.90 Å². The number of carbonyl (C=O) groups is 2. The lowest BCUT2D eigenvalue weighted by atomic mass is 10.0. The number of sulfonamides is 1. The van der Waals surface area contributed by atoms with Gasteiger partial charge in [-0.1, -0.05) is 69.7 Å². The van der Waals surface area contributed by atoms with Crippen LogP contribution in [0.1, 0.15) is 63.1 Å². The second kappa shape index (κ2) is 12.7. The molecule has 0 aliphatic heterocycles. The van der Waals surface area contributed by atoms with E-state index in [9.17, 15) is 18.0 Å². The summed E-state index contributed by atoms with van der Waals surface area (Å²) in [6, 6.07) is 14.2. The molecule has 2 aromatic rings. The number of nitrogens with zero attached hydrogens (tertiary/aromatic N) is 2. The van der Waals surface area contributed by atoms with Crippen molar-refractivity contribution < 1.29 is 18.0 Å². The quantitative estimate of drug-likeness (QED) is 0.472. The van der Waals surface area contributed by atoms with Crippen LogP contribution >= 0.6 is 0 Å². The third-order valence-electron chi connectivity index (χ3n) is 5.90. The Balaban J connectivity index is 2.42. The summed E-state index contributed by atoms with van der Waals surface area (Å²) >= 11 is 0. The van der Waals surface area contributed by atoms with Gasteiger partial charge in [0.1, 0.15) is 12.6 Å². The van der Waals surface area contributed by atoms with Gasteiger partial charge in [-0.15, -0.1) is 0 Å². The molecule has 0 saturated heterocycles. The molecule has 7 nitrogen and oxygen atoms in total. The molecule has 1 N–H and O–H groups in total. The van der Waals surface area contributed by atoms with Gasteiger partial charge in [-0.2, -0.15) is 0 Å². The first-order chi connectivity index (χ1) is 16.5. The average molecular weight is 502 g/mol. The molecule has 0 aromatic heterocycles. The van der Waals surface area contributed by atoms with Crippen LogP contribution in [-0.4, -0.2) is 50.5 Å². The SMILES string of the molecule is CCCNC(=O)[C@@H](CC)N(Cc1cccc(C)c1)C(=O)CN(c1ccc(C(C)C)cc1)S(C)(=O)=O. The minimum Gasteiger partial charge on any atom is -0.354 e. The maximum absolute atomic E-state index is 13.7. The molecule has 0 spiro atoms. The molecule has 8 heteroatoms. The fraction of sp³-hybridized carbons (Fsp3) is 0.481. The highest BCUT2D eigenvalue weighted by molar-refractivity contribution is 7.92. The van der Waals surface area contributed by atoms with Crippen molar-refractivity contribution in [2.75, 3.05) is 23.7 Å². The summed E-state index contributed by atoms with van der Waals surface area (Å²) < 4.78 is 26.5. The largest absolute Gasteiger partial charge is 0.354 e. The van der Waals surface area contributed by atoms with Crippen LogP contribution in [0.2, 0.25) is 0 Å². The normalized spacial score (nSPS) is 12.3. The van der Waals surface area contributed by atoms with E-state index in [-0.39, 0.29) is 19.0 Å². The Hall–Kier alpha value is -2.87. The fourth-order valence-corrected chi connectivity index (χ4v) is 4.78. The molecule has 35 heavy (non-hydrogen) atoms. The lowest BCUT2D eigenvalue weighted by Crippen LogP contribution is -2.52. The molecule has 0 unspecified atom stereocenters. The molecular weight excluding hydrogens is 462 g/mol. The minimum atomic E-state index is -3.74. The smallest absolute Gasteiger partial charge is 0.244 e. The third kappa shape index (κ3) is 8.09. The van der Waals surface area contributed by atoms with Crippen LogP contribution in [0.3, 0.4) is 0 Å². The molecule has 0 bridgehead atoms. The standard InChI is InChI=1S/C27H39N3O4S/c1-7-16-28-27(32)25(8-2)29(18-22-11-9-10-21(5)17-22)26(31)19-30(35(6,33)34)24-14-12-23(13-15-24)20(3)4/h9-15,17,20,25H,7-8,16,18-19H2,1-6H3,(H,28,32)/t25-/m1/s1. The number of amides is 2. The van der Waals surface area contributed by atoms with Crippen molar-refractivity contribution in [3.05, 3.63) is 65.2 Å². The molecule has 2 rings (SSSR count). The van der Waals surface area contributed by atoms with Crippen LogP contribution in [0.5, 0.6) is 0 Å². The fourth-order valence-electron chi connectivity index (χ4n) is 3.93. The van der Waals surface area contributed by atoms with Gasteiger partial charge in [-0.3, -0.25) is 13.9 Å². The number of aryl methyl sites for hydroxylation is 1. The number of anilines is 1. The Morgan fingerprint density at radius 2 is 1.69 bits per heavy atom. The zero-order valence-electron chi connectivity index (χ0n) is 21.7. The number of rotatable bonds is 12. The summed E-state index contributed by atoms with van der Waals surface area (Å²) in [5.41, 5.74) is 3.42. The molecular formula is C27H39N3O4S. The van der Waals surface area contributed by atoms with Gasteiger partial charge in [-0.25, -0.2) is 8.42 Å². The van der Waals surface area contributed by atoms with Crippen molar-refractivity contribution in [3.8, 4) is 0 Å². The zero-order chi connectivity index (χ0) is 26.2. The van der Waals surface area contributed by atoms with Gasteiger partial charge in [0.05, 0.1) is 11.9 Å². The molecule has 2 aromatic carbocycles. The van der Waals surface area contributed by atoms with E-state index < -0.39 is 22.0 Å². The van der Waals surface area contributed by atoms with Gasteiger partial charge in [0.15, 0.2) is 0 Å². The second-order valence-electron chi connectivity index (χ2n) is 9.24. The van der Waals surface area contributed by atoms with E-state index in [0.717, 1.165) is 33.7 Å². The molecule has 0 radical (unpaired) electrons. The van der Waals surface area contributed by atoms with Gasteiger partial charge in [0, 0.05) is 13.1 Å². The molecule has 0 saturated carbocycles. The van der Waals surface area contributed by atoms with E-state index in [2.05, 4.69) is 19.2 Å². The Kier molecular flexibility index (Phi) is 10.3. The van der Waals surface area contributed by atoms with E-state index in [1.807, 2.05) is 57.2 Å². The number of hydrogen-bond donors (Lipinski definition) is 1. The Morgan fingerprint density at radius 3 is 2.20 bits per heavy atom. The first kappa shape index (κ1) is 28.4. The Labute approximate surface area is 210 Å². The van der Waals surface area contributed by atoms with Crippen molar-refractivity contribution in [2.24, 2.45) is 0 Å². The van der Waals surface area contributed by atoms with Gasteiger partial charge >= 0.3 is 0 Å². The van der Waals surface area contributed by atoms with Crippen LogP contribution in [0.15, 0.2) is 48.5 Å². The summed E-state index contributed by atoms with van der Waals surface area (Å²) in [5, 5.41) is 2.88. The van der Waals surface area contributed by atoms with Crippen molar-refractivity contribution in [2.45, 2.75) is 66.0 Å². The highest BCUT2D eigenvalue weighted by atomic mass is 32.2.